The topological polar surface area (TPSA) is 84.7 Å². The number of ether oxygens (including phenoxy) is 1. The summed E-state index contributed by atoms with van der Waals surface area (Å²) >= 11 is 0. The minimum absolute atomic E-state index is 0.0574. The quantitative estimate of drug-likeness (QED) is 0.841. The molecule has 2 amide bonds. The number of nitrogens with zero attached hydrogens (tertiary/aromatic N) is 1. The number of carbonyl (C=O) groups excluding carboxylic acids is 2. The van der Waals surface area contributed by atoms with Crippen molar-refractivity contribution < 1.29 is 14.3 Å². The highest BCUT2D eigenvalue weighted by molar-refractivity contribution is 5.87. The first kappa shape index (κ1) is 19.2. The van der Waals surface area contributed by atoms with Crippen LogP contribution in [-0.2, 0) is 16.0 Å². The van der Waals surface area contributed by atoms with E-state index in [0.717, 1.165) is 17.7 Å². The van der Waals surface area contributed by atoms with Crippen LogP contribution >= 0.6 is 0 Å². The lowest BCUT2D eigenvalue weighted by molar-refractivity contribution is -0.139. The van der Waals surface area contributed by atoms with Gasteiger partial charge in [-0.05, 0) is 29.5 Å². The average Bonchev–Trinajstić information content (AvgIpc) is 2.55. The molecular formula is C19H29N3O3. The maximum absolute atomic E-state index is 13.0. The molecule has 3 N–H and O–H groups in total. The lowest BCUT2D eigenvalue weighted by Crippen LogP contribution is -2.58. The van der Waals surface area contributed by atoms with E-state index in [1.54, 1.807) is 7.11 Å². The Morgan fingerprint density at radius 3 is 2.76 bits per heavy atom. The van der Waals surface area contributed by atoms with E-state index >= 15 is 0 Å². The van der Waals surface area contributed by atoms with Gasteiger partial charge in [-0.2, -0.15) is 0 Å². The predicted molar refractivity (Wildman–Crippen MR) is 97.3 cm³/mol. The molecule has 6 heteroatoms. The fraction of sp³-hybridized carbons (Fsp3) is 0.579. The van der Waals surface area contributed by atoms with Crippen molar-refractivity contribution in [1.82, 2.24) is 10.2 Å². The summed E-state index contributed by atoms with van der Waals surface area (Å²) < 4.78 is 5.24. The van der Waals surface area contributed by atoms with Gasteiger partial charge in [-0.3, -0.25) is 9.59 Å². The number of carbonyl (C=O) groups is 2. The maximum Gasteiger partial charge on any atom is 0.245 e. The Labute approximate surface area is 149 Å². The van der Waals surface area contributed by atoms with Crippen molar-refractivity contribution >= 4 is 11.8 Å². The molecule has 2 atom stereocenters. The molecule has 0 spiro atoms. The first-order valence-electron chi connectivity index (χ1n) is 8.67. The monoisotopic (exact) mass is 347 g/mol. The lowest BCUT2D eigenvalue weighted by atomic mass is 9.79. The summed E-state index contributed by atoms with van der Waals surface area (Å²) in [7, 11) is 1.61. The molecule has 1 fully saturated rings. The van der Waals surface area contributed by atoms with Crippen molar-refractivity contribution in [2.75, 3.05) is 20.2 Å². The van der Waals surface area contributed by atoms with Crippen LogP contribution in [0.15, 0.2) is 24.3 Å². The summed E-state index contributed by atoms with van der Waals surface area (Å²) in [5.41, 5.74) is 6.98. The molecule has 0 saturated carbocycles. The summed E-state index contributed by atoms with van der Waals surface area (Å²) in [6.07, 6.45) is 1.20. The SMILES string of the molecule is COc1cccc(CC(NC(C)=O)C(=O)N2CCC(N)C(C)(C)C2)c1. The van der Waals surface area contributed by atoms with E-state index in [1.165, 1.54) is 6.92 Å². The van der Waals surface area contributed by atoms with Crippen LogP contribution in [0.4, 0.5) is 0 Å². The van der Waals surface area contributed by atoms with Crippen LogP contribution in [-0.4, -0.2) is 49.0 Å². The first-order chi connectivity index (χ1) is 11.7. The van der Waals surface area contributed by atoms with Gasteiger partial charge in [0.15, 0.2) is 0 Å². The lowest BCUT2D eigenvalue weighted by Gasteiger charge is -2.43. The minimum Gasteiger partial charge on any atom is -0.497 e. The molecule has 1 aromatic carbocycles. The molecule has 2 rings (SSSR count). The second-order valence-electron chi connectivity index (χ2n) is 7.45. The number of hydrogen-bond donors (Lipinski definition) is 2. The summed E-state index contributed by atoms with van der Waals surface area (Å²) in [6, 6.07) is 7.04. The van der Waals surface area contributed by atoms with E-state index in [1.807, 2.05) is 29.2 Å². The molecule has 0 bridgehead atoms. The van der Waals surface area contributed by atoms with E-state index in [4.69, 9.17) is 10.5 Å². The van der Waals surface area contributed by atoms with Crippen LogP contribution in [0.25, 0.3) is 0 Å². The smallest absolute Gasteiger partial charge is 0.245 e. The van der Waals surface area contributed by atoms with Crippen molar-refractivity contribution in [1.29, 1.82) is 0 Å². The number of rotatable bonds is 5. The van der Waals surface area contributed by atoms with Gasteiger partial charge in [0.1, 0.15) is 11.8 Å². The Kier molecular flexibility index (Phi) is 6.06. The van der Waals surface area contributed by atoms with Gasteiger partial charge < -0.3 is 20.7 Å². The Bertz CT molecular complexity index is 630. The molecule has 1 aliphatic heterocycles. The van der Waals surface area contributed by atoms with Gasteiger partial charge in [-0.15, -0.1) is 0 Å². The molecule has 0 radical (unpaired) electrons. The van der Waals surface area contributed by atoms with Gasteiger partial charge in [0.05, 0.1) is 7.11 Å². The van der Waals surface area contributed by atoms with E-state index in [0.29, 0.717) is 19.5 Å². The third kappa shape index (κ3) is 4.95. The number of benzene rings is 1. The first-order valence-corrected chi connectivity index (χ1v) is 8.67. The Hall–Kier alpha value is -2.08. The molecule has 1 heterocycles. The third-order valence-corrected chi connectivity index (χ3v) is 4.87. The zero-order valence-corrected chi connectivity index (χ0v) is 15.5. The van der Waals surface area contributed by atoms with Crippen LogP contribution in [0.1, 0.15) is 32.8 Å². The highest BCUT2D eigenvalue weighted by Crippen LogP contribution is 2.28. The van der Waals surface area contributed by atoms with Gasteiger partial charge in [0.25, 0.3) is 0 Å². The van der Waals surface area contributed by atoms with Gasteiger partial charge in [0, 0.05) is 32.5 Å². The van der Waals surface area contributed by atoms with Crippen LogP contribution in [0, 0.1) is 5.41 Å². The van der Waals surface area contributed by atoms with E-state index in [2.05, 4.69) is 19.2 Å². The van der Waals surface area contributed by atoms with Crippen LogP contribution < -0.4 is 15.8 Å². The fourth-order valence-electron chi connectivity index (χ4n) is 3.26. The van der Waals surface area contributed by atoms with Crippen LogP contribution in [0.3, 0.4) is 0 Å². The predicted octanol–water partition coefficient (Wildman–Crippen LogP) is 1.33. The highest BCUT2D eigenvalue weighted by atomic mass is 16.5. The Morgan fingerprint density at radius 1 is 1.44 bits per heavy atom. The normalized spacial score (nSPS) is 20.7. The molecule has 2 unspecified atom stereocenters. The molecule has 138 valence electrons. The molecule has 6 nitrogen and oxygen atoms in total. The van der Waals surface area contributed by atoms with Crippen LogP contribution in [0.2, 0.25) is 0 Å². The Morgan fingerprint density at radius 2 is 2.16 bits per heavy atom. The standard InChI is InChI=1S/C19H29N3O3/c1-13(23)21-16(11-14-6-5-7-15(10-14)25-4)18(24)22-9-8-17(20)19(2,3)12-22/h5-7,10,16-17H,8-9,11-12,20H2,1-4H3,(H,21,23). The summed E-state index contributed by atoms with van der Waals surface area (Å²) in [5, 5.41) is 2.80. The van der Waals surface area contributed by atoms with Gasteiger partial charge in [-0.1, -0.05) is 26.0 Å². The summed E-state index contributed by atoms with van der Waals surface area (Å²) in [6.45, 7) is 6.81. The minimum atomic E-state index is -0.588. The van der Waals surface area contributed by atoms with Gasteiger partial charge in [-0.25, -0.2) is 0 Å². The number of amides is 2. The maximum atomic E-state index is 13.0. The largest absolute Gasteiger partial charge is 0.497 e. The molecule has 1 aliphatic rings. The number of hydrogen-bond acceptors (Lipinski definition) is 4. The second-order valence-corrected chi connectivity index (χ2v) is 7.45. The van der Waals surface area contributed by atoms with Crippen molar-refractivity contribution in [3.8, 4) is 5.75 Å². The summed E-state index contributed by atoms with van der Waals surface area (Å²) in [5.74, 6) is 0.462. The zero-order chi connectivity index (χ0) is 18.6. The zero-order valence-electron chi connectivity index (χ0n) is 15.5. The number of likely N-dealkylation sites (tertiary alicyclic amines) is 1. The van der Waals surface area contributed by atoms with Crippen molar-refractivity contribution in [2.24, 2.45) is 11.1 Å². The third-order valence-electron chi connectivity index (χ3n) is 4.87. The average molecular weight is 347 g/mol. The number of nitrogens with one attached hydrogen (secondary N) is 1. The van der Waals surface area contributed by atoms with E-state index in [9.17, 15) is 9.59 Å². The highest BCUT2D eigenvalue weighted by Gasteiger charge is 2.37. The van der Waals surface area contributed by atoms with Crippen molar-refractivity contribution in [2.45, 2.75) is 45.7 Å². The molecule has 1 saturated heterocycles. The molecule has 1 aromatic rings. The van der Waals surface area contributed by atoms with E-state index in [-0.39, 0.29) is 23.3 Å². The van der Waals surface area contributed by atoms with Crippen molar-refractivity contribution in [3.63, 3.8) is 0 Å². The summed E-state index contributed by atoms with van der Waals surface area (Å²) in [4.78, 5) is 26.5. The molecule has 0 aliphatic carbocycles. The molecular weight excluding hydrogens is 318 g/mol. The number of methoxy groups -OCH3 is 1. The van der Waals surface area contributed by atoms with Gasteiger partial charge in [0.2, 0.25) is 11.8 Å². The number of nitrogens with two attached hydrogens (primary N) is 1. The van der Waals surface area contributed by atoms with Crippen LogP contribution in [0.5, 0.6) is 5.75 Å². The second kappa shape index (κ2) is 7.87. The Balaban J connectivity index is 2.15. The molecule has 25 heavy (non-hydrogen) atoms. The van der Waals surface area contributed by atoms with Gasteiger partial charge >= 0.3 is 0 Å². The fourth-order valence-corrected chi connectivity index (χ4v) is 3.26. The number of piperidine rings is 1. The van der Waals surface area contributed by atoms with Crippen molar-refractivity contribution in [3.05, 3.63) is 29.8 Å². The van der Waals surface area contributed by atoms with E-state index < -0.39 is 6.04 Å². The molecule has 0 aromatic heterocycles.